The highest BCUT2D eigenvalue weighted by atomic mass is 31.2. The van der Waals surface area contributed by atoms with Crippen LogP contribution in [0.4, 0.5) is 0 Å². The number of hydrogen-bond acceptors (Lipinski definition) is 5. The molecule has 0 fully saturated rings. The van der Waals surface area contributed by atoms with E-state index in [9.17, 15) is 19.4 Å². The SMILES string of the molecule is CCCCCCCCCC/C=C\CCCCCCCCCCCCCCCCCCCCCCCCCCCCCC(=O)NC(COP(=O)(O)OCC[N+](C)(C)C)C(O)/C=C/CC/C=C/CCCCCCCCCCCCCCCCCCCCCCCCCCC. The van der Waals surface area contributed by atoms with E-state index in [0.29, 0.717) is 17.4 Å². The number of quaternary nitrogens is 1. The van der Waals surface area contributed by atoms with Crippen LogP contribution in [-0.2, 0) is 18.4 Å². The van der Waals surface area contributed by atoms with Gasteiger partial charge in [-0.2, -0.15) is 0 Å². The number of likely N-dealkylation sites (N-methyl/N-ethyl adjacent to an activating group) is 1. The zero-order chi connectivity index (χ0) is 66.9. The molecule has 9 heteroatoms. The van der Waals surface area contributed by atoms with Crippen molar-refractivity contribution >= 4 is 13.7 Å². The van der Waals surface area contributed by atoms with Crippen molar-refractivity contribution in [3.8, 4) is 0 Å². The van der Waals surface area contributed by atoms with E-state index in [-0.39, 0.29) is 19.1 Å². The molecule has 0 saturated carbocycles. The van der Waals surface area contributed by atoms with Gasteiger partial charge in [-0.05, 0) is 57.8 Å². The Morgan fingerprint density at radius 3 is 0.870 bits per heavy atom. The van der Waals surface area contributed by atoms with Crippen LogP contribution in [0.1, 0.15) is 438 Å². The Morgan fingerprint density at radius 2 is 0.598 bits per heavy atom. The molecule has 0 bridgehead atoms. The number of phosphoric ester groups is 1. The highest BCUT2D eigenvalue weighted by molar-refractivity contribution is 7.47. The van der Waals surface area contributed by atoms with Crippen molar-refractivity contribution in [3.05, 3.63) is 36.5 Å². The predicted molar refractivity (Wildman–Crippen MR) is 406 cm³/mol. The molecule has 0 heterocycles. The summed E-state index contributed by atoms with van der Waals surface area (Å²) < 4.78 is 23.9. The molecule has 92 heavy (non-hydrogen) atoms. The number of nitrogens with one attached hydrogen (secondary N) is 1. The molecule has 546 valence electrons. The zero-order valence-corrected chi connectivity index (χ0v) is 63.7. The van der Waals surface area contributed by atoms with E-state index >= 15 is 0 Å². The topological polar surface area (TPSA) is 105 Å². The minimum atomic E-state index is -4.36. The van der Waals surface area contributed by atoms with Crippen molar-refractivity contribution < 1.29 is 32.9 Å². The molecule has 8 nitrogen and oxygen atoms in total. The van der Waals surface area contributed by atoms with Crippen molar-refractivity contribution in [1.82, 2.24) is 5.32 Å². The quantitative estimate of drug-likeness (QED) is 0.0243. The van der Waals surface area contributed by atoms with E-state index in [2.05, 4.69) is 43.5 Å². The number of aliphatic hydroxyl groups excluding tert-OH is 1. The maximum atomic E-state index is 13.1. The van der Waals surface area contributed by atoms with Crippen LogP contribution in [0.5, 0.6) is 0 Å². The van der Waals surface area contributed by atoms with Crippen LogP contribution in [0, 0.1) is 0 Å². The minimum absolute atomic E-state index is 0.0586. The maximum absolute atomic E-state index is 13.1. The number of phosphoric acid groups is 1. The largest absolute Gasteiger partial charge is 0.472 e. The van der Waals surface area contributed by atoms with E-state index in [0.717, 1.165) is 38.5 Å². The van der Waals surface area contributed by atoms with Gasteiger partial charge in [-0.1, -0.05) is 410 Å². The van der Waals surface area contributed by atoms with E-state index < -0.39 is 20.0 Å². The molecule has 0 aliphatic carbocycles. The molecule has 0 aliphatic rings. The Labute approximate surface area is 576 Å². The molecule has 0 saturated heterocycles. The molecule has 0 radical (unpaired) electrons. The molecule has 1 amide bonds. The fourth-order valence-corrected chi connectivity index (χ4v) is 13.7. The molecule has 0 aromatic rings. The van der Waals surface area contributed by atoms with Crippen LogP contribution < -0.4 is 5.32 Å². The summed E-state index contributed by atoms with van der Waals surface area (Å²) in [5.74, 6) is -0.177. The molecule has 3 atom stereocenters. The summed E-state index contributed by atoms with van der Waals surface area (Å²) in [5, 5.41) is 14.0. The first-order valence-electron chi connectivity index (χ1n) is 41.4. The number of carbonyl (C=O) groups excluding carboxylic acids is 1. The van der Waals surface area contributed by atoms with Crippen LogP contribution in [0.15, 0.2) is 36.5 Å². The third-order valence-electron chi connectivity index (χ3n) is 19.3. The highest BCUT2D eigenvalue weighted by Gasteiger charge is 2.28. The Balaban J connectivity index is 3.94. The number of nitrogens with zero attached hydrogens (tertiary/aromatic N) is 1. The maximum Gasteiger partial charge on any atom is 0.472 e. The van der Waals surface area contributed by atoms with Crippen LogP contribution in [-0.4, -0.2) is 73.4 Å². The number of rotatable bonds is 78. The lowest BCUT2D eigenvalue weighted by atomic mass is 10.0. The summed E-state index contributed by atoms with van der Waals surface area (Å²) in [6.45, 7) is 4.87. The van der Waals surface area contributed by atoms with Gasteiger partial charge in [-0.25, -0.2) is 4.57 Å². The van der Waals surface area contributed by atoms with E-state index in [1.165, 1.54) is 379 Å². The third-order valence-corrected chi connectivity index (χ3v) is 20.3. The lowest BCUT2D eigenvalue weighted by Gasteiger charge is -2.25. The summed E-state index contributed by atoms with van der Waals surface area (Å²) >= 11 is 0. The monoisotopic (exact) mass is 1320 g/mol. The van der Waals surface area contributed by atoms with Crippen LogP contribution in [0.3, 0.4) is 0 Å². The van der Waals surface area contributed by atoms with Gasteiger partial charge in [0.1, 0.15) is 13.2 Å². The van der Waals surface area contributed by atoms with Crippen molar-refractivity contribution in [3.63, 3.8) is 0 Å². The summed E-state index contributed by atoms with van der Waals surface area (Å²) in [7, 11) is 1.58. The first kappa shape index (κ1) is 90.7. The fraction of sp³-hybridized carbons (Fsp3) is 0.916. The molecule has 0 aliphatic heterocycles. The molecule has 0 spiro atoms. The molecule has 0 aromatic heterocycles. The van der Waals surface area contributed by atoms with Gasteiger partial charge in [-0.3, -0.25) is 13.8 Å². The van der Waals surface area contributed by atoms with Gasteiger partial charge >= 0.3 is 7.82 Å². The molecule has 3 N–H and O–H groups in total. The minimum Gasteiger partial charge on any atom is -0.387 e. The average Bonchev–Trinajstić information content (AvgIpc) is 2.63. The number of carbonyl (C=O) groups is 1. The van der Waals surface area contributed by atoms with E-state index in [1.807, 2.05) is 27.2 Å². The normalized spacial score (nSPS) is 13.6. The molecule has 0 rings (SSSR count). The molecule has 0 aromatic carbocycles. The number of unbranched alkanes of at least 4 members (excludes halogenated alkanes) is 61. The lowest BCUT2D eigenvalue weighted by Crippen LogP contribution is -2.45. The second-order valence-corrected chi connectivity index (χ2v) is 31.3. The second-order valence-electron chi connectivity index (χ2n) is 29.8. The standard InChI is InChI=1S/C83H163N2O6P/c1-6-8-10-12-14-16-18-20-22-24-26-28-30-32-34-36-38-39-40-41-42-43-44-45-47-49-51-53-55-57-59-61-63-65-67-69-71-73-75-77-83(87)84-81(80-91-92(88,89)90-79-78-85(3,4)5)82(86)76-74-72-70-68-66-64-62-60-58-56-54-52-50-48-46-37-35-33-31-29-27-25-23-21-19-17-15-13-11-9-7-2/h24,26,66,68,74,76,81-82,86H,6-23,25,27-65,67,69-73,75,77-80H2,1-5H3,(H-,84,87,88,89)/p+1/b26-24-,68-66+,76-74+. The Bertz CT molecular complexity index is 1600. The fourth-order valence-electron chi connectivity index (χ4n) is 12.9. The zero-order valence-electron chi connectivity index (χ0n) is 62.8. The molecular weight excluding hydrogens is 1150 g/mol. The number of hydrogen-bond donors (Lipinski definition) is 3. The van der Waals surface area contributed by atoms with Crippen LogP contribution in [0.25, 0.3) is 0 Å². The summed E-state index contributed by atoms with van der Waals surface area (Å²) in [6, 6.07) is -0.864. The smallest absolute Gasteiger partial charge is 0.387 e. The van der Waals surface area contributed by atoms with Gasteiger partial charge in [0.05, 0.1) is 39.9 Å². The van der Waals surface area contributed by atoms with Crippen LogP contribution >= 0.6 is 7.82 Å². The van der Waals surface area contributed by atoms with E-state index in [4.69, 9.17) is 9.05 Å². The van der Waals surface area contributed by atoms with Crippen molar-refractivity contribution in [2.24, 2.45) is 0 Å². The number of allylic oxidation sites excluding steroid dienone is 5. The van der Waals surface area contributed by atoms with Gasteiger partial charge in [0.25, 0.3) is 0 Å². The Kier molecular flexibility index (Phi) is 72.9. The average molecular weight is 1320 g/mol. The third kappa shape index (κ3) is 76.1. The summed E-state index contributed by atoms with van der Waals surface area (Å²) in [4.78, 5) is 23.5. The lowest BCUT2D eigenvalue weighted by molar-refractivity contribution is -0.870. The predicted octanol–water partition coefficient (Wildman–Crippen LogP) is 27.1. The Morgan fingerprint density at radius 1 is 0.359 bits per heavy atom. The van der Waals surface area contributed by atoms with Gasteiger partial charge in [0.2, 0.25) is 5.91 Å². The van der Waals surface area contributed by atoms with Gasteiger partial charge in [0.15, 0.2) is 0 Å². The Hall–Kier alpha value is -1.28. The summed E-state index contributed by atoms with van der Waals surface area (Å²) in [6.07, 6.45) is 101. The summed E-state index contributed by atoms with van der Waals surface area (Å²) in [5.41, 5.74) is 0. The van der Waals surface area contributed by atoms with E-state index in [1.54, 1.807) is 6.08 Å². The number of aliphatic hydroxyl groups is 1. The van der Waals surface area contributed by atoms with Crippen molar-refractivity contribution in [2.75, 3.05) is 40.9 Å². The highest BCUT2D eigenvalue weighted by Crippen LogP contribution is 2.43. The molecule has 3 unspecified atom stereocenters. The van der Waals surface area contributed by atoms with Gasteiger partial charge < -0.3 is 19.8 Å². The van der Waals surface area contributed by atoms with Crippen molar-refractivity contribution in [1.29, 1.82) is 0 Å². The second kappa shape index (κ2) is 74.0. The van der Waals surface area contributed by atoms with Gasteiger partial charge in [0, 0.05) is 6.42 Å². The number of amides is 1. The first-order chi connectivity index (χ1) is 45.0. The van der Waals surface area contributed by atoms with Gasteiger partial charge in [-0.15, -0.1) is 0 Å². The van der Waals surface area contributed by atoms with Crippen LogP contribution in [0.2, 0.25) is 0 Å². The first-order valence-corrected chi connectivity index (χ1v) is 42.9. The molecular formula is C83H164N2O6P+. The van der Waals surface area contributed by atoms with Crippen molar-refractivity contribution in [2.45, 2.75) is 450 Å².